The zero-order valence-electron chi connectivity index (χ0n) is 16.6. The van der Waals surface area contributed by atoms with E-state index in [-0.39, 0.29) is 48.4 Å². The van der Waals surface area contributed by atoms with E-state index in [0.29, 0.717) is 5.75 Å². The molecule has 1 rings (SSSR count). The first-order chi connectivity index (χ1) is 12.8. The van der Waals surface area contributed by atoms with Crippen LogP contribution in [-0.2, 0) is 30.5 Å². The summed E-state index contributed by atoms with van der Waals surface area (Å²) >= 11 is 0. The topological polar surface area (TPSA) is 102 Å². The van der Waals surface area contributed by atoms with E-state index < -0.39 is 23.3 Å². The molecular formula is C19H27NaO7S. The molecule has 0 bridgehead atoms. The predicted molar refractivity (Wildman–Crippen MR) is 100 cm³/mol. The van der Waals surface area contributed by atoms with Crippen molar-refractivity contribution in [1.29, 1.82) is 0 Å². The van der Waals surface area contributed by atoms with E-state index in [1.54, 1.807) is 0 Å². The van der Waals surface area contributed by atoms with Crippen LogP contribution >= 0.6 is 0 Å². The quantitative estimate of drug-likeness (QED) is 0.0991. The summed E-state index contributed by atoms with van der Waals surface area (Å²) in [7, 11) is -4.86. The van der Waals surface area contributed by atoms with Crippen molar-refractivity contribution in [1.82, 2.24) is 0 Å². The van der Waals surface area contributed by atoms with Crippen molar-refractivity contribution in [2.75, 3.05) is 13.4 Å². The zero-order valence-corrected chi connectivity index (χ0v) is 19.4. The Morgan fingerprint density at radius 3 is 2.46 bits per heavy atom. The minimum atomic E-state index is -4.86. The van der Waals surface area contributed by atoms with Gasteiger partial charge in [-0.1, -0.05) is 44.9 Å². The number of carbonyl (C=O) groups excluding carboxylic acids is 1. The Kier molecular flexibility index (Phi) is 14.7. The maximum Gasteiger partial charge on any atom is 1.00 e. The summed E-state index contributed by atoms with van der Waals surface area (Å²) in [5.74, 6) is 0.306. The average Bonchev–Trinajstić information content (AvgIpc) is 2.63. The Bertz CT molecular complexity index is 674. The molecule has 1 aromatic rings. The summed E-state index contributed by atoms with van der Waals surface area (Å²) < 4.78 is 46.0. The summed E-state index contributed by atoms with van der Waals surface area (Å²) in [6, 6.07) is 7.64. The van der Waals surface area contributed by atoms with Crippen LogP contribution in [0.15, 0.2) is 36.9 Å². The van der Waals surface area contributed by atoms with Gasteiger partial charge in [0.25, 0.3) is 0 Å². The van der Waals surface area contributed by atoms with Crippen molar-refractivity contribution in [3.05, 3.63) is 42.5 Å². The van der Waals surface area contributed by atoms with Gasteiger partial charge < -0.3 is 14.0 Å². The third-order valence-corrected chi connectivity index (χ3v) is 4.22. The summed E-state index contributed by atoms with van der Waals surface area (Å²) in [5.41, 5.74) is 1.22. The molecule has 0 heterocycles. The number of aryl methyl sites for hydroxylation is 1. The number of allylic oxidation sites excluding steroid dienone is 1. The molecule has 0 spiro atoms. The van der Waals surface area contributed by atoms with Gasteiger partial charge in [-0.05, 0) is 36.6 Å². The number of carbonyl (C=O) groups is 1. The molecule has 0 aromatic heterocycles. The molecule has 0 saturated heterocycles. The number of ketones is 1. The normalized spacial score (nSPS) is 12.1. The molecule has 0 aliphatic carbocycles. The van der Waals surface area contributed by atoms with E-state index in [0.717, 1.165) is 18.9 Å². The molecule has 0 saturated carbocycles. The number of ether oxygens (including phenoxy) is 2. The van der Waals surface area contributed by atoms with Gasteiger partial charge in [0.1, 0.15) is 18.5 Å². The van der Waals surface area contributed by atoms with Crippen LogP contribution in [0.1, 0.15) is 44.6 Å². The van der Waals surface area contributed by atoms with Gasteiger partial charge in [0.15, 0.2) is 12.6 Å². The van der Waals surface area contributed by atoms with Gasteiger partial charge in [-0.15, -0.1) is 0 Å². The van der Waals surface area contributed by atoms with Crippen molar-refractivity contribution >= 4 is 16.2 Å². The first-order valence-corrected chi connectivity index (χ1v) is 10.3. The van der Waals surface area contributed by atoms with E-state index in [4.69, 9.17) is 9.47 Å². The van der Waals surface area contributed by atoms with Gasteiger partial charge in [-0.3, -0.25) is 8.98 Å². The monoisotopic (exact) mass is 422 g/mol. The maximum absolute atomic E-state index is 11.5. The Morgan fingerprint density at radius 1 is 1.21 bits per heavy atom. The smallest absolute Gasteiger partial charge is 0.725 e. The number of unbranched alkanes of at least 4 members (excludes halogenated alkanes) is 3. The second kappa shape index (κ2) is 15.1. The van der Waals surface area contributed by atoms with Gasteiger partial charge in [-0.2, -0.15) is 0 Å². The number of benzene rings is 1. The molecule has 1 aromatic carbocycles. The van der Waals surface area contributed by atoms with Crippen LogP contribution in [-0.4, -0.2) is 38.3 Å². The fourth-order valence-corrected chi connectivity index (χ4v) is 2.53. The number of hydrogen-bond donors (Lipinski definition) is 0. The molecule has 7 nitrogen and oxygen atoms in total. The molecule has 0 fully saturated rings. The van der Waals surface area contributed by atoms with Crippen molar-refractivity contribution in [3.8, 4) is 5.75 Å². The van der Waals surface area contributed by atoms with Gasteiger partial charge in [0.05, 0.1) is 0 Å². The summed E-state index contributed by atoms with van der Waals surface area (Å²) in [5, 5.41) is 0. The third kappa shape index (κ3) is 13.4. The second-order valence-electron chi connectivity index (χ2n) is 6.07. The summed E-state index contributed by atoms with van der Waals surface area (Å²) in [6.07, 6.45) is 6.12. The summed E-state index contributed by atoms with van der Waals surface area (Å²) in [4.78, 5) is 11.5. The van der Waals surface area contributed by atoms with Gasteiger partial charge in [-0.25, -0.2) is 8.42 Å². The fourth-order valence-electron chi connectivity index (χ4n) is 2.35. The largest absolute Gasteiger partial charge is 1.00 e. The van der Waals surface area contributed by atoms with Crippen molar-refractivity contribution < 1.29 is 61.0 Å². The molecule has 0 aliphatic rings. The number of rotatable bonds is 15. The first kappa shape index (κ1) is 27.3. The van der Waals surface area contributed by atoms with E-state index >= 15 is 0 Å². The van der Waals surface area contributed by atoms with Crippen molar-refractivity contribution in [2.24, 2.45) is 0 Å². The molecule has 0 amide bonds. The molecule has 9 heteroatoms. The zero-order chi connectivity index (χ0) is 20.1. The molecule has 28 heavy (non-hydrogen) atoms. The SMILES string of the molecule is C=CC(=O)CC(COc1ccc(CCCCCC)cc1)OCOS(=O)(=O)[O-].[Na+]. The van der Waals surface area contributed by atoms with Crippen LogP contribution < -0.4 is 34.3 Å². The van der Waals surface area contributed by atoms with Crippen molar-refractivity contribution in [2.45, 2.75) is 51.6 Å². The average molecular weight is 422 g/mol. The van der Waals surface area contributed by atoms with Gasteiger partial charge in [0.2, 0.25) is 10.4 Å². The van der Waals surface area contributed by atoms with E-state index in [2.05, 4.69) is 17.7 Å². The summed E-state index contributed by atoms with van der Waals surface area (Å²) in [6.45, 7) is 4.77. The maximum atomic E-state index is 11.5. The van der Waals surface area contributed by atoms with Crippen LogP contribution in [0.4, 0.5) is 0 Å². The van der Waals surface area contributed by atoms with Crippen LogP contribution in [0.25, 0.3) is 0 Å². The van der Waals surface area contributed by atoms with E-state index in [1.807, 2.05) is 24.3 Å². The molecule has 1 atom stereocenters. The molecular weight excluding hydrogens is 395 g/mol. The van der Waals surface area contributed by atoms with E-state index in [9.17, 15) is 17.8 Å². The van der Waals surface area contributed by atoms with Gasteiger partial charge >= 0.3 is 29.6 Å². The first-order valence-electron chi connectivity index (χ1n) is 8.93. The molecule has 1 unspecified atom stereocenters. The Hall–Kier alpha value is -0.740. The predicted octanol–water partition coefficient (Wildman–Crippen LogP) is 0.157. The minimum absolute atomic E-state index is 0. The molecule has 0 radical (unpaired) electrons. The van der Waals surface area contributed by atoms with Crippen LogP contribution in [0.5, 0.6) is 5.75 Å². The van der Waals surface area contributed by atoms with Crippen LogP contribution in [0.2, 0.25) is 0 Å². The van der Waals surface area contributed by atoms with Crippen molar-refractivity contribution in [3.63, 3.8) is 0 Å². The Balaban J connectivity index is 0.00000729. The van der Waals surface area contributed by atoms with Gasteiger partial charge in [0, 0.05) is 6.42 Å². The third-order valence-electron chi connectivity index (χ3n) is 3.83. The second-order valence-corrected chi connectivity index (χ2v) is 7.13. The van der Waals surface area contributed by atoms with Crippen LogP contribution in [0.3, 0.4) is 0 Å². The number of hydrogen-bond acceptors (Lipinski definition) is 7. The molecule has 152 valence electrons. The fraction of sp³-hybridized carbons (Fsp3) is 0.526. The Morgan fingerprint density at radius 2 is 1.89 bits per heavy atom. The minimum Gasteiger partial charge on any atom is -0.725 e. The standard InChI is InChI=1S/C19H28O7S.Na/c1-3-5-6-7-8-16-9-11-18(12-10-16)24-14-19(13-17(20)4-2)25-15-26-27(21,22)23;/h4,9-12,19H,2-3,5-8,13-15H2,1H3,(H,21,22,23);/q;+1/p-1. The molecule has 0 aliphatic heterocycles. The molecule has 0 N–H and O–H groups in total. The Labute approximate surface area is 189 Å². The van der Waals surface area contributed by atoms with Crippen LogP contribution in [0, 0.1) is 0 Å². The van der Waals surface area contributed by atoms with E-state index in [1.165, 1.54) is 24.8 Å².